The summed E-state index contributed by atoms with van der Waals surface area (Å²) in [5, 5.41) is 22.1. The van der Waals surface area contributed by atoms with Gasteiger partial charge in [0.15, 0.2) is 0 Å². The first-order valence-electron chi connectivity index (χ1n) is 5.87. The average molecular weight is 282 g/mol. The highest BCUT2D eigenvalue weighted by molar-refractivity contribution is 5.95. The van der Waals surface area contributed by atoms with Gasteiger partial charge < -0.3 is 15.2 Å². The van der Waals surface area contributed by atoms with Crippen LogP contribution in [-0.2, 0) is 9.53 Å². The number of carbonyl (C=O) groups excluding carboxylic acids is 1. The minimum Gasteiger partial charge on any atom is -0.481 e. The van der Waals surface area contributed by atoms with Crippen molar-refractivity contribution in [1.29, 1.82) is 0 Å². The third-order valence-electron chi connectivity index (χ3n) is 2.36. The molecule has 1 rings (SSSR count). The first kappa shape index (κ1) is 15.4. The molecule has 0 spiro atoms. The van der Waals surface area contributed by atoms with Gasteiger partial charge in [-0.15, -0.1) is 0 Å². The molecule has 8 nitrogen and oxygen atoms in total. The van der Waals surface area contributed by atoms with Crippen molar-refractivity contribution in [2.75, 3.05) is 18.5 Å². The van der Waals surface area contributed by atoms with Gasteiger partial charge in [0.25, 0.3) is 5.69 Å². The van der Waals surface area contributed by atoms with E-state index in [9.17, 15) is 19.7 Å². The number of nitro groups is 1. The molecule has 0 radical (unpaired) electrons. The predicted molar refractivity (Wildman–Crippen MR) is 69.8 cm³/mol. The quantitative estimate of drug-likeness (QED) is 0.443. The summed E-state index contributed by atoms with van der Waals surface area (Å²) in [4.78, 5) is 32.2. The Labute approximate surface area is 114 Å². The van der Waals surface area contributed by atoms with Crippen LogP contribution in [-0.4, -0.2) is 35.1 Å². The Kier molecular flexibility index (Phi) is 5.45. The second kappa shape index (κ2) is 7.07. The lowest BCUT2D eigenvalue weighted by molar-refractivity contribution is -0.385. The third kappa shape index (κ3) is 4.23. The molecule has 2 N–H and O–H groups in total. The summed E-state index contributed by atoms with van der Waals surface area (Å²) in [6.07, 6.45) is -0.105. The smallest absolute Gasteiger partial charge is 0.345 e. The van der Waals surface area contributed by atoms with Crippen LogP contribution in [0.25, 0.3) is 0 Å². The Morgan fingerprint density at radius 1 is 1.45 bits per heavy atom. The number of aliphatic carboxylic acids is 1. The zero-order chi connectivity index (χ0) is 15.1. The minimum atomic E-state index is -0.968. The van der Waals surface area contributed by atoms with Gasteiger partial charge in [-0.25, -0.2) is 4.79 Å². The second-order valence-electron chi connectivity index (χ2n) is 3.78. The monoisotopic (exact) mass is 282 g/mol. The number of hydrogen-bond donors (Lipinski definition) is 2. The molecule has 0 aliphatic heterocycles. The summed E-state index contributed by atoms with van der Waals surface area (Å²) < 4.78 is 4.75. The molecule has 0 aliphatic rings. The summed E-state index contributed by atoms with van der Waals surface area (Å²) >= 11 is 0. The van der Waals surface area contributed by atoms with Crippen LogP contribution in [0.1, 0.15) is 23.7 Å². The van der Waals surface area contributed by atoms with Gasteiger partial charge in [-0.05, 0) is 19.1 Å². The fourth-order valence-electron chi connectivity index (χ4n) is 1.49. The molecule has 1 aromatic rings. The van der Waals surface area contributed by atoms with E-state index in [2.05, 4.69) is 5.32 Å². The molecule has 0 saturated heterocycles. The van der Waals surface area contributed by atoms with E-state index in [1.54, 1.807) is 6.92 Å². The van der Waals surface area contributed by atoms with E-state index >= 15 is 0 Å². The molecule has 0 amide bonds. The number of esters is 1. The van der Waals surface area contributed by atoms with E-state index in [0.29, 0.717) is 5.69 Å². The van der Waals surface area contributed by atoms with Crippen molar-refractivity contribution in [2.24, 2.45) is 0 Å². The molecule has 0 atom stereocenters. The van der Waals surface area contributed by atoms with Crippen LogP contribution in [0, 0.1) is 10.1 Å². The van der Waals surface area contributed by atoms with Crippen LogP contribution in [0.15, 0.2) is 18.2 Å². The van der Waals surface area contributed by atoms with Crippen LogP contribution < -0.4 is 5.32 Å². The molecule has 108 valence electrons. The first-order chi connectivity index (χ1) is 9.45. The Morgan fingerprint density at radius 2 is 2.15 bits per heavy atom. The fraction of sp³-hybridized carbons (Fsp3) is 0.333. The molecule has 0 fully saturated rings. The van der Waals surface area contributed by atoms with Crippen molar-refractivity contribution in [3.8, 4) is 0 Å². The van der Waals surface area contributed by atoms with E-state index in [1.807, 2.05) is 0 Å². The number of benzene rings is 1. The average Bonchev–Trinajstić information content (AvgIpc) is 2.38. The highest BCUT2D eigenvalue weighted by Crippen LogP contribution is 2.23. The maximum Gasteiger partial charge on any atom is 0.345 e. The van der Waals surface area contributed by atoms with Crippen molar-refractivity contribution in [1.82, 2.24) is 0 Å². The molecule has 0 unspecified atom stereocenters. The van der Waals surface area contributed by atoms with E-state index in [-0.39, 0.29) is 30.8 Å². The van der Waals surface area contributed by atoms with Gasteiger partial charge in [-0.1, -0.05) is 0 Å². The van der Waals surface area contributed by atoms with E-state index in [0.717, 1.165) is 0 Å². The summed E-state index contributed by atoms with van der Waals surface area (Å²) in [6, 6.07) is 3.86. The lowest BCUT2D eigenvalue weighted by atomic mass is 10.1. The molecule has 0 bridgehead atoms. The van der Waals surface area contributed by atoms with Crippen molar-refractivity contribution < 1.29 is 24.4 Å². The summed E-state index contributed by atoms with van der Waals surface area (Å²) in [7, 11) is 0. The number of nitrogens with one attached hydrogen (secondary N) is 1. The topological polar surface area (TPSA) is 119 Å². The van der Waals surface area contributed by atoms with Gasteiger partial charge in [0.05, 0.1) is 18.0 Å². The van der Waals surface area contributed by atoms with E-state index in [4.69, 9.17) is 9.84 Å². The predicted octanol–water partition coefficient (Wildman–Crippen LogP) is 1.66. The molecule has 0 heterocycles. The van der Waals surface area contributed by atoms with Crippen molar-refractivity contribution in [2.45, 2.75) is 13.3 Å². The Bertz CT molecular complexity index is 529. The molecule has 0 aliphatic carbocycles. The normalized spacial score (nSPS) is 9.85. The van der Waals surface area contributed by atoms with Crippen LogP contribution >= 0.6 is 0 Å². The number of carboxylic acid groups (broad SMARTS) is 1. The van der Waals surface area contributed by atoms with Gasteiger partial charge in [0.1, 0.15) is 5.56 Å². The van der Waals surface area contributed by atoms with E-state index < -0.39 is 16.9 Å². The lowest BCUT2D eigenvalue weighted by Gasteiger charge is -2.07. The summed E-state index contributed by atoms with van der Waals surface area (Å²) in [6.45, 7) is 1.85. The largest absolute Gasteiger partial charge is 0.481 e. The molecular formula is C12H14N2O6. The minimum absolute atomic E-state index is 0.104. The highest BCUT2D eigenvalue weighted by atomic mass is 16.6. The maximum atomic E-state index is 11.7. The van der Waals surface area contributed by atoms with Gasteiger partial charge in [-0.3, -0.25) is 14.9 Å². The molecular weight excluding hydrogens is 268 g/mol. The zero-order valence-electron chi connectivity index (χ0n) is 10.8. The number of nitrogens with zero attached hydrogens (tertiary/aromatic N) is 1. The number of nitro benzene ring substituents is 1. The van der Waals surface area contributed by atoms with Crippen molar-refractivity contribution in [3.05, 3.63) is 33.9 Å². The summed E-state index contributed by atoms with van der Waals surface area (Å²) in [5.74, 6) is -1.76. The van der Waals surface area contributed by atoms with Crippen LogP contribution in [0.4, 0.5) is 11.4 Å². The standard InChI is InChI=1S/C12H14N2O6/c1-2-20-12(17)9-7-8(13-6-5-11(15)16)3-4-10(9)14(18)19/h3-4,7,13H,2,5-6H2,1H3,(H,15,16). The Morgan fingerprint density at radius 3 is 2.70 bits per heavy atom. The maximum absolute atomic E-state index is 11.7. The Balaban J connectivity index is 2.95. The van der Waals surface area contributed by atoms with Crippen LogP contribution in [0.5, 0.6) is 0 Å². The Hall–Kier alpha value is -2.64. The number of rotatable bonds is 7. The van der Waals surface area contributed by atoms with Crippen LogP contribution in [0.3, 0.4) is 0 Å². The van der Waals surface area contributed by atoms with Gasteiger partial charge in [0, 0.05) is 18.3 Å². The molecule has 0 saturated carbocycles. The molecule has 8 heteroatoms. The van der Waals surface area contributed by atoms with Gasteiger partial charge in [-0.2, -0.15) is 0 Å². The van der Waals surface area contributed by atoms with E-state index in [1.165, 1.54) is 18.2 Å². The van der Waals surface area contributed by atoms with Crippen LogP contribution in [0.2, 0.25) is 0 Å². The molecule has 1 aromatic carbocycles. The number of ether oxygens (including phenoxy) is 1. The zero-order valence-corrected chi connectivity index (χ0v) is 10.8. The third-order valence-corrected chi connectivity index (χ3v) is 2.36. The lowest BCUT2D eigenvalue weighted by Crippen LogP contribution is -2.11. The van der Waals surface area contributed by atoms with Gasteiger partial charge >= 0.3 is 11.9 Å². The van der Waals surface area contributed by atoms with Crippen molar-refractivity contribution >= 4 is 23.3 Å². The number of carboxylic acids is 1. The molecule has 20 heavy (non-hydrogen) atoms. The number of anilines is 1. The first-order valence-corrected chi connectivity index (χ1v) is 5.87. The number of hydrogen-bond acceptors (Lipinski definition) is 6. The second-order valence-corrected chi connectivity index (χ2v) is 3.78. The SMILES string of the molecule is CCOC(=O)c1cc(NCCC(=O)O)ccc1[N+](=O)[O-]. The molecule has 0 aromatic heterocycles. The summed E-state index contributed by atoms with van der Waals surface area (Å²) in [5.41, 5.74) is -0.107. The van der Waals surface area contributed by atoms with Crippen molar-refractivity contribution in [3.63, 3.8) is 0 Å². The highest BCUT2D eigenvalue weighted by Gasteiger charge is 2.21. The fourth-order valence-corrected chi connectivity index (χ4v) is 1.49. The number of carbonyl (C=O) groups is 2. The van der Waals surface area contributed by atoms with Gasteiger partial charge in [0.2, 0.25) is 0 Å².